The number of hydrogen-bond acceptors (Lipinski definition) is 2. The molecule has 0 amide bonds. The van der Waals surface area contributed by atoms with Crippen molar-refractivity contribution in [3.05, 3.63) is 22.2 Å². The van der Waals surface area contributed by atoms with Crippen molar-refractivity contribution in [1.82, 2.24) is 0 Å². The third kappa shape index (κ3) is 1.91. The molecule has 1 aromatic carbocycles. The second kappa shape index (κ2) is 3.87. The van der Waals surface area contributed by atoms with Gasteiger partial charge >= 0.3 is 0 Å². The fraction of sp³-hybridized carbons (Fsp3) is 0.400. The number of ether oxygens (including phenoxy) is 1. The molecule has 0 saturated heterocycles. The number of rotatable bonds is 0. The highest BCUT2D eigenvalue weighted by Gasteiger charge is 2.16. The predicted octanol–water partition coefficient (Wildman–Crippen LogP) is 3.43. The van der Waals surface area contributed by atoms with Crippen LogP contribution in [-0.4, -0.2) is 13.2 Å². The zero-order valence-electron chi connectivity index (χ0n) is 7.81. The predicted molar refractivity (Wildman–Crippen MR) is 59.6 cm³/mol. The smallest absolute Gasteiger partial charge is 0.145 e. The quantitative estimate of drug-likeness (QED) is 0.739. The van der Waals surface area contributed by atoms with E-state index in [1.54, 1.807) is 12.1 Å². The summed E-state index contributed by atoms with van der Waals surface area (Å²) >= 11 is 11.9. The molecule has 0 bridgehead atoms. The van der Waals surface area contributed by atoms with E-state index in [2.05, 4.69) is 12.2 Å². The van der Waals surface area contributed by atoms with Crippen molar-refractivity contribution in [2.24, 2.45) is 5.92 Å². The van der Waals surface area contributed by atoms with Gasteiger partial charge in [-0.2, -0.15) is 0 Å². The SMILES string of the molecule is CC1CNc2c(Cl)cc(Cl)cc2OC1. The minimum absolute atomic E-state index is 0.470. The summed E-state index contributed by atoms with van der Waals surface area (Å²) in [6.45, 7) is 3.68. The molecule has 1 N–H and O–H groups in total. The van der Waals surface area contributed by atoms with Crippen LogP contribution in [0.3, 0.4) is 0 Å². The minimum atomic E-state index is 0.470. The van der Waals surface area contributed by atoms with Gasteiger partial charge in [-0.1, -0.05) is 30.1 Å². The Kier molecular flexibility index (Phi) is 2.75. The fourth-order valence-electron chi connectivity index (χ4n) is 1.40. The highest BCUT2D eigenvalue weighted by molar-refractivity contribution is 6.36. The summed E-state index contributed by atoms with van der Waals surface area (Å²) in [6, 6.07) is 3.50. The van der Waals surface area contributed by atoms with E-state index < -0.39 is 0 Å². The van der Waals surface area contributed by atoms with Crippen molar-refractivity contribution in [3.8, 4) is 5.75 Å². The Hall–Kier alpha value is -0.600. The first-order valence-electron chi connectivity index (χ1n) is 4.52. The fourth-order valence-corrected chi connectivity index (χ4v) is 1.94. The van der Waals surface area contributed by atoms with Crippen LogP contribution in [0.4, 0.5) is 5.69 Å². The molecule has 0 fully saturated rings. The molecule has 0 saturated carbocycles. The van der Waals surface area contributed by atoms with Gasteiger partial charge in [-0.25, -0.2) is 0 Å². The normalized spacial score (nSPS) is 20.4. The van der Waals surface area contributed by atoms with Gasteiger partial charge in [0.15, 0.2) is 0 Å². The summed E-state index contributed by atoms with van der Waals surface area (Å²) in [7, 11) is 0. The summed E-state index contributed by atoms with van der Waals surface area (Å²) < 4.78 is 5.59. The van der Waals surface area contributed by atoms with Gasteiger partial charge in [0.2, 0.25) is 0 Å². The second-order valence-electron chi connectivity index (χ2n) is 3.56. The standard InChI is InChI=1S/C10H11Cl2NO/c1-6-4-13-10-8(12)2-7(11)3-9(10)14-5-6/h2-3,6,13H,4-5H2,1H3. The van der Waals surface area contributed by atoms with Crippen LogP contribution in [-0.2, 0) is 0 Å². The van der Waals surface area contributed by atoms with Gasteiger partial charge in [-0.15, -0.1) is 0 Å². The molecule has 2 rings (SSSR count). The zero-order valence-corrected chi connectivity index (χ0v) is 9.32. The maximum Gasteiger partial charge on any atom is 0.145 e. The average molecular weight is 232 g/mol. The molecule has 1 aliphatic rings. The Morgan fingerprint density at radius 2 is 2.21 bits per heavy atom. The molecule has 0 spiro atoms. The molecule has 0 aromatic heterocycles. The third-order valence-electron chi connectivity index (χ3n) is 2.17. The molecule has 2 nitrogen and oxygen atoms in total. The van der Waals surface area contributed by atoms with Crippen LogP contribution in [0.1, 0.15) is 6.92 Å². The van der Waals surface area contributed by atoms with E-state index in [4.69, 9.17) is 27.9 Å². The van der Waals surface area contributed by atoms with E-state index in [9.17, 15) is 0 Å². The number of nitrogens with one attached hydrogen (secondary N) is 1. The van der Waals surface area contributed by atoms with E-state index in [1.165, 1.54) is 0 Å². The van der Waals surface area contributed by atoms with Crippen LogP contribution < -0.4 is 10.1 Å². The highest BCUT2D eigenvalue weighted by Crippen LogP contribution is 2.37. The van der Waals surface area contributed by atoms with Gasteiger partial charge in [-0.3, -0.25) is 0 Å². The first-order chi connectivity index (χ1) is 6.66. The Morgan fingerprint density at radius 3 is 3.00 bits per heavy atom. The average Bonchev–Trinajstić information content (AvgIpc) is 2.28. The van der Waals surface area contributed by atoms with Crippen LogP contribution in [0, 0.1) is 5.92 Å². The Bertz CT molecular complexity index is 354. The molecule has 1 aliphatic heterocycles. The molecule has 1 aromatic rings. The molecule has 1 atom stereocenters. The van der Waals surface area contributed by atoms with E-state index in [1.807, 2.05) is 0 Å². The lowest BCUT2D eigenvalue weighted by Crippen LogP contribution is -2.13. The molecular formula is C10H11Cl2NO. The van der Waals surface area contributed by atoms with Crippen LogP contribution in [0.2, 0.25) is 10.0 Å². The Morgan fingerprint density at radius 1 is 1.43 bits per heavy atom. The van der Waals surface area contributed by atoms with E-state index in [0.717, 1.165) is 18.0 Å². The lowest BCUT2D eigenvalue weighted by atomic mass is 10.2. The summed E-state index contributed by atoms with van der Waals surface area (Å²) in [5.41, 5.74) is 0.848. The monoisotopic (exact) mass is 231 g/mol. The third-order valence-corrected chi connectivity index (χ3v) is 2.69. The number of hydrogen-bond donors (Lipinski definition) is 1. The van der Waals surface area contributed by atoms with Gasteiger partial charge in [0.25, 0.3) is 0 Å². The van der Waals surface area contributed by atoms with Crippen molar-refractivity contribution in [3.63, 3.8) is 0 Å². The van der Waals surface area contributed by atoms with Crippen molar-refractivity contribution in [1.29, 1.82) is 0 Å². The number of benzene rings is 1. The lowest BCUT2D eigenvalue weighted by Gasteiger charge is -2.09. The topological polar surface area (TPSA) is 21.3 Å². The molecule has 4 heteroatoms. The number of halogens is 2. The molecule has 14 heavy (non-hydrogen) atoms. The van der Waals surface area contributed by atoms with Crippen LogP contribution in [0.15, 0.2) is 12.1 Å². The summed E-state index contributed by atoms with van der Waals surface area (Å²) in [5, 5.41) is 4.47. The van der Waals surface area contributed by atoms with Gasteiger partial charge < -0.3 is 10.1 Å². The first-order valence-corrected chi connectivity index (χ1v) is 5.28. The molecule has 0 aliphatic carbocycles. The summed E-state index contributed by atoms with van der Waals surface area (Å²) in [5.74, 6) is 1.21. The van der Waals surface area contributed by atoms with Gasteiger partial charge in [0.1, 0.15) is 5.75 Å². The Labute approximate surface area is 93.2 Å². The van der Waals surface area contributed by atoms with E-state index in [-0.39, 0.29) is 0 Å². The van der Waals surface area contributed by atoms with Crippen molar-refractivity contribution in [2.75, 3.05) is 18.5 Å². The Balaban J connectivity index is 2.40. The van der Waals surface area contributed by atoms with Crippen molar-refractivity contribution in [2.45, 2.75) is 6.92 Å². The minimum Gasteiger partial charge on any atom is -0.491 e. The van der Waals surface area contributed by atoms with Crippen LogP contribution in [0.25, 0.3) is 0 Å². The van der Waals surface area contributed by atoms with E-state index in [0.29, 0.717) is 22.6 Å². The molecule has 1 unspecified atom stereocenters. The molecule has 1 heterocycles. The summed E-state index contributed by atoms with van der Waals surface area (Å²) in [4.78, 5) is 0. The van der Waals surface area contributed by atoms with Crippen molar-refractivity contribution >= 4 is 28.9 Å². The number of fused-ring (bicyclic) bond motifs is 1. The van der Waals surface area contributed by atoms with Gasteiger partial charge in [0, 0.05) is 23.6 Å². The largest absolute Gasteiger partial charge is 0.491 e. The van der Waals surface area contributed by atoms with Gasteiger partial charge in [0.05, 0.1) is 17.3 Å². The number of anilines is 1. The maximum atomic E-state index is 6.04. The van der Waals surface area contributed by atoms with Crippen LogP contribution in [0.5, 0.6) is 5.75 Å². The second-order valence-corrected chi connectivity index (χ2v) is 4.40. The first kappa shape index (κ1) is 9.94. The van der Waals surface area contributed by atoms with E-state index >= 15 is 0 Å². The molecular weight excluding hydrogens is 221 g/mol. The van der Waals surface area contributed by atoms with Crippen molar-refractivity contribution < 1.29 is 4.74 Å². The molecule has 0 radical (unpaired) electrons. The van der Waals surface area contributed by atoms with Gasteiger partial charge in [-0.05, 0) is 6.07 Å². The van der Waals surface area contributed by atoms with Crippen LogP contribution >= 0.6 is 23.2 Å². The summed E-state index contributed by atoms with van der Waals surface area (Å²) in [6.07, 6.45) is 0. The lowest BCUT2D eigenvalue weighted by molar-refractivity contribution is 0.275. The zero-order chi connectivity index (χ0) is 10.1. The highest BCUT2D eigenvalue weighted by atomic mass is 35.5. The molecule has 76 valence electrons. The maximum absolute atomic E-state index is 6.04.